The normalized spacial score (nSPS) is 24.3. The summed E-state index contributed by atoms with van der Waals surface area (Å²) in [6.45, 7) is 8.90. The summed E-state index contributed by atoms with van der Waals surface area (Å²) >= 11 is 0. The lowest BCUT2D eigenvalue weighted by Crippen LogP contribution is -2.47. The molecule has 6 atom stereocenters. The molecule has 0 saturated carbocycles. The molecule has 2 unspecified atom stereocenters. The van der Waals surface area contributed by atoms with E-state index < -0.39 is 42.0 Å². The number of aromatic nitrogens is 2. The second kappa shape index (κ2) is 21.6. The van der Waals surface area contributed by atoms with E-state index in [4.69, 9.17) is 25.7 Å². The van der Waals surface area contributed by atoms with Crippen LogP contribution in [0.2, 0.25) is 0 Å². The highest BCUT2D eigenvalue weighted by molar-refractivity contribution is 8.78. The molecule has 4 heterocycles. The van der Waals surface area contributed by atoms with Crippen molar-refractivity contribution in [3.8, 4) is 0 Å². The first kappa shape index (κ1) is 44.1. The summed E-state index contributed by atoms with van der Waals surface area (Å²) in [5.41, 5.74) is 10.7. The summed E-state index contributed by atoms with van der Waals surface area (Å²) in [7, 11) is 4.44. The van der Waals surface area contributed by atoms with Gasteiger partial charge in [0.05, 0.1) is 23.2 Å². The summed E-state index contributed by atoms with van der Waals surface area (Å²) in [6.07, 6.45) is 7.69. The number of amides is 3. The smallest absolute Gasteiger partial charge is 0.351 e. The predicted octanol–water partition coefficient (Wildman–Crippen LogP) is 2.24. The van der Waals surface area contributed by atoms with Crippen LogP contribution in [0.5, 0.6) is 0 Å². The van der Waals surface area contributed by atoms with Crippen molar-refractivity contribution >= 4 is 51.0 Å². The Bertz CT molecular complexity index is 1610. The maximum absolute atomic E-state index is 13.2. The molecule has 0 spiro atoms. The second-order valence-electron chi connectivity index (χ2n) is 14.1. The van der Waals surface area contributed by atoms with Gasteiger partial charge < -0.3 is 51.6 Å². The number of aliphatic hydroxyl groups is 1. The van der Waals surface area contributed by atoms with E-state index in [1.54, 1.807) is 30.5 Å². The highest BCUT2D eigenvalue weighted by Crippen LogP contribution is 2.37. The summed E-state index contributed by atoms with van der Waals surface area (Å²) in [4.78, 5) is 61.1. The zero-order valence-electron chi connectivity index (χ0n) is 32.0. The minimum atomic E-state index is -0.703. The number of amidine groups is 1. The van der Waals surface area contributed by atoms with E-state index in [9.17, 15) is 24.3 Å². The number of carbonyl (C=O) groups excluding carboxylic acids is 3. The molecule has 0 bridgehead atoms. The fourth-order valence-corrected chi connectivity index (χ4v) is 8.45. The third kappa shape index (κ3) is 13.5. The van der Waals surface area contributed by atoms with Gasteiger partial charge in [0, 0.05) is 57.6 Å². The van der Waals surface area contributed by atoms with E-state index >= 15 is 0 Å². The molecule has 0 aromatic carbocycles. The van der Waals surface area contributed by atoms with Gasteiger partial charge in [-0.3, -0.25) is 19.0 Å². The molecule has 0 radical (unpaired) electrons. The maximum Gasteiger partial charge on any atom is 0.351 e. The number of ether oxygens (including phenoxy) is 3. The van der Waals surface area contributed by atoms with Gasteiger partial charge >= 0.3 is 5.69 Å². The number of anilines is 1. The van der Waals surface area contributed by atoms with Gasteiger partial charge in [-0.1, -0.05) is 47.9 Å². The van der Waals surface area contributed by atoms with Crippen molar-refractivity contribution in [1.29, 1.82) is 0 Å². The van der Waals surface area contributed by atoms with E-state index in [-0.39, 0.29) is 30.1 Å². The monoisotopic (exact) mass is 807 g/mol. The van der Waals surface area contributed by atoms with Crippen LogP contribution in [-0.4, -0.2) is 106 Å². The Balaban J connectivity index is 1.16. The van der Waals surface area contributed by atoms with Crippen molar-refractivity contribution < 1.29 is 33.7 Å². The summed E-state index contributed by atoms with van der Waals surface area (Å²) in [5, 5.41) is 19.2. The standard InChI is InChI=1S/C36H57N9O8S2/c1-5-6-10-30(48)42-24(14-18-54-55-27-20-45(23(2)41-33(27)38)32-19-25(46)26(52-32)21-51-4)34(49)39-16-9-7-8-11-29(47)40-22-36(3)15-12-31(53-36)44-17-13-28(37)43-35(44)50/h13,17,20,24-26,31-32,46H,2,5-12,14-16,18-19,21-22H2,1,3-4H3,(H2,38,41)(H,39,49)(H,40,47)(H,42,48)(H2,37,43,50)/t24?,25?,26-,31-,32-,36+/m1/s1. The maximum atomic E-state index is 13.2. The number of nitrogen functional groups attached to an aromatic ring is 1. The Labute approximate surface area is 330 Å². The van der Waals surface area contributed by atoms with Crippen molar-refractivity contribution in [2.75, 3.05) is 38.3 Å². The molecule has 3 aliphatic heterocycles. The van der Waals surface area contributed by atoms with Crippen LogP contribution in [0.4, 0.5) is 5.82 Å². The number of rotatable bonds is 22. The van der Waals surface area contributed by atoms with Gasteiger partial charge in [0.1, 0.15) is 42.1 Å². The van der Waals surface area contributed by atoms with Gasteiger partial charge in [-0.05, 0) is 51.5 Å². The zero-order valence-corrected chi connectivity index (χ0v) is 33.6. The van der Waals surface area contributed by atoms with Crippen molar-refractivity contribution in [3.05, 3.63) is 46.3 Å². The fourth-order valence-electron chi connectivity index (χ4n) is 6.32. The minimum Gasteiger partial charge on any atom is -0.390 e. The van der Waals surface area contributed by atoms with E-state index in [2.05, 4.69) is 32.5 Å². The Morgan fingerprint density at radius 2 is 1.95 bits per heavy atom. The van der Waals surface area contributed by atoms with E-state index in [0.29, 0.717) is 86.8 Å². The van der Waals surface area contributed by atoms with Crippen LogP contribution in [0.3, 0.4) is 0 Å². The molecule has 4 rings (SSSR count). The lowest BCUT2D eigenvalue weighted by molar-refractivity contribution is -0.129. The van der Waals surface area contributed by atoms with Crippen molar-refractivity contribution in [3.63, 3.8) is 0 Å². The van der Waals surface area contributed by atoms with Gasteiger partial charge in [0.25, 0.3) is 0 Å². The van der Waals surface area contributed by atoms with Gasteiger partial charge in [-0.25, -0.2) is 9.79 Å². The molecule has 55 heavy (non-hydrogen) atoms. The summed E-state index contributed by atoms with van der Waals surface area (Å²) in [6, 6.07) is 0.847. The third-order valence-electron chi connectivity index (χ3n) is 9.49. The molecular formula is C36H57N9O8S2. The Morgan fingerprint density at radius 3 is 2.69 bits per heavy atom. The van der Waals surface area contributed by atoms with Gasteiger partial charge in [0.15, 0.2) is 0 Å². The number of hydrogen-bond donors (Lipinski definition) is 6. The molecule has 17 nitrogen and oxygen atoms in total. The number of methoxy groups -OCH3 is 1. The second-order valence-corrected chi connectivity index (χ2v) is 16.6. The molecule has 2 fully saturated rings. The highest BCUT2D eigenvalue weighted by atomic mass is 33.1. The molecular weight excluding hydrogens is 751 g/mol. The van der Waals surface area contributed by atoms with E-state index in [0.717, 1.165) is 19.3 Å². The Kier molecular flexibility index (Phi) is 17.3. The van der Waals surface area contributed by atoms with Gasteiger partial charge in [-0.15, -0.1) is 0 Å². The molecule has 306 valence electrons. The van der Waals surface area contributed by atoms with E-state index in [1.165, 1.54) is 26.2 Å². The molecule has 1 aromatic rings. The molecule has 19 heteroatoms. The first-order valence-electron chi connectivity index (χ1n) is 18.8. The van der Waals surface area contributed by atoms with Crippen LogP contribution in [0.15, 0.2) is 45.6 Å². The molecule has 3 aliphatic rings. The number of nitrogens with one attached hydrogen (secondary N) is 3. The molecule has 1 aromatic heterocycles. The molecule has 8 N–H and O–H groups in total. The number of nitrogens with zero attached hydrogens (tertiary/aromatic N) is 4. The van der Waals surface area contributed by atoms with Crippen LogP contribution >= 0.6 is 21.6 Å². The predicted molar refractivity (Wildman–Crippen MR) is 213 cm³/mol. The number of carbonyl (C=O) groups is 3. The highest BCUT2D eigenvalue weighted by Gasteiger charge is 2.39. The van der Waals surface area contributed by atoms with Crippen LogP contribution in [-0.2, 0) is 28.6 Å². The molecule has 2 saturated heterocycles. The van der Waals surface area contributed by atoms with Crippen molar-refractivity contribution in [1.82, 2.24) is 30.4 Å². The quantitative estimate of drug-likeness (QED) is 0.0729. The van der Waals surface area contributed by atoms with Crippen LogP contribution < -0.4 is 33.1 Å². The number of hydrogen-bond acceptors (Lipinski definition) is 15. The van der Waals surface area contributed by atoms with Gasteiger partial charge in [-0.2, -0.15) is 4.98 Å². The van der Waals surface area contributed by atoms with Crippen LogP contribution in [0.1, 0.15) is 90.7 Å². The van der Waals surface area contributed by atoms with E-state index in [1.807, 2.05) is 13.8 Å². The Morgan fingerprint density at radius 1 is 1.16 bits per heavy atom. The summed E-state index contributed by atoms with van der Waals surface area (Å²) in [5.74, 6) is 0.891. The number of aliphatic hydroxyl groups excluding tert-OH is 1. The average molecular weight is 808 g/mol. The number of aliphatic imine (C=N–C) groups is 1. The van der Waals surface area contributed by atoms with Crippen molar-refractivity contribution in [2.45, 2.75) is 121 Å². The van der Waals surface area contributed by atoms with Gasteiger partial charge in [0.2, 0.25) is 17.7 Å². The average Bonchev–Trinajstić information content (AvgIpc) is 3.71. The first-order valence-corrected chi connectivity index (χ1v) is 21.2. The van der Waals surface area contributed by atoms with Crippen LogP contribution in [0, 0.1) is 0 Å². The first-order chi connectivity index (χ1) is 26.3. The lowest BCUT2D eigenvalue weighted by atomic mass is 10.0. The fraction of sp³-hybridized carbons (Fsp3) is 0.667. The SMILES string of the molecule is C=C1N=C(N)C(SSCCC(NC(=O)CCCC)C(=O)NCCCCCC(=O)NC[C@]2(C)CC[C@H](n3ccc(N)nc3=O)O2)=CN1[C@H]1CC(O)[C@@H](COC)O1. The Hall–Kier alpha value is -3.62. The summed E-state index contributed by atoms with van der Waals surface area (Å²) < 4.78 is 18.6. The molecule has 3 amide bonds. The largest absolute Gasteiger partial charge is 0.390 e. The van der Waals surface area contributed by atoms with Crippen molar-refractivity contribution in [2.24, 2.45) is 10.7 Å². The number of unbranched alkanes of at least 4 members (excludes halogenated alkanes) is 3. The van der Waals surface area contributed by atoms with Crippen LogP contribution in [0.25, 0.3) is 0 Å². The number of nitrogens with two attached hydrogens (primary N) is 2. The lowest BCUT2D eigenvalue weighted by Gasteiger charge is -2.30. The minimum absolute atomic E-state index is 0.0927. The topological polar surface area (TPSA) is 238 Å². The third-order valence-corrected chi connectivity index (χ3v) is 11.9. The zero-order chi connectivity index (χ0) is 40.0. The molecule has 0 aliphatic carbocycles.